The second-order valence-electron chi connectivity index (χ2n) is 10.9. The molecule has 3 heterocycles. The largest absolute Gasteiger partial charge is 0.450 e. The lowest BCUT2D eigenvalue weighted by atomic mass is 10.0. The van der Waals surface area contributed by atoms with Gasteiger partial charge in [0, 0.05) is 25.1 Å². The van der Waals surface area contributed by atoms with Gasteiger partial charge in [0.2, 0.25) is 11.8 Å². The summed E-state index contributed by atoms with van der Waals surface area (Å²) in [5, 5.41) is 8.96. The first-order valence-corrected chi connectivity index (χ1v) is 14.4. The average Bonchev–Trinajstić information content (AvgIpc) is 3.38. The number of likely N-dealkylation sites (tertiary alicyclic amines) is 1. The van der Waals surface area contributed by atoms with Crippen molar-refractivity contribution >= 4 is 29.3 Å². The number of amides is 3. The number of nitrogens with one attached hydrogen (secondary N) is 2. The Bertz CT molecular complexity index is 1670. The Kier molecular flexibility index (Phi) is 9.86. The number of carbonyl (C=O) groups excluding carboxylic acids is 3. The van der Waals surface area contributed by atoms with Crippen molar-refractivity contribution in [3.63, 3.8) is 0 Å². The SMILES string of the molecule is CC(=O)N(C)C([C@H]1CC[C@@H](c2cccc(Cl)c2)N1C(=O)C(C)NC(=O)c1ccc(Oc2cc(C)n[nH]c2=O)c(C)n1)C(F)(F)F. The van der Waals surface area contributed by atoms with Gasteiger partial charge >= 0.3 is 11.7 Å². The standard InChI is InChI=1S/C30H32ClF3N6O5/c1-15-13-25(28(43)38-37-15)45-24-12-9-21(35-16(24)2)27(42)36-17(3)29(44)40-22(19-7-6-8-20(31)14-19)10-11-23(40)26(30(32,33)34)39(5)18(4)41/h6-9,12-14,17,22-23,26H,10-11H2,1-5H3,(H,36,42)(H,38,43)/t17?,22-,23+,26?/m0/s1. The molecule has 1 aliphatic rings. The number of nitrogens with zero attached hydrogens (tertiary/aromatic N) is 4. The van der Waals surface area contributed by atoms with Gasteiger partial charge in [-0.05, 0) is 63.4 Å². The summed E-state index contributed by atoms with van der Waals surface area (Å²) in [6.07, 6.45) is -4.71. The van der Waals surface area contributed by atoms with Crippen LogP contribution in [0.3, 0.4) is 0 Å². The maximum Gasteiger partial charge on any atom is 0.410 e. The summed E-state index contributed by atoms with van der Waals surface area (Å²) < 4.78 is 48.9. The topological polar surface area (TPSA) is 138 Å². The summed E-state index contributed by atoms with van der Waals surface area (Å²) in [5.41, 5.74) is 0.647. The van der Waals surface area contributed by atoms with Crippen LogP contribution in [-0.2, 0) is 9.59 Å². The molecular formula is C30H32ClF3N6O5. The maximum absolute atomic E-state index is 14.4. The zero-order valence-electron chi connectivity index (χ0n) is 25.1. The second-order valence-corrected chi connectivity index (χ2v) is 11.3. The number of hydrogen-bond acceptors (Lipinski definition) is 7. The fourth-order valence-electron chi connectivity index (χ4n) is 5.41. The molecule has 0 radical (unpaired) electrons. The molecule has 11 nitrogen and oxygen atoms in total. The summed E-state index contributed by atoms with van der Waals surface area (Å²) in [6.45, 7) is 5.61. The number of pyridine rings is 1. The number of rotatable bonds is 8. The van der Waals surface area contributed by atoms with E-state index < -0.39 is 53.6 Å². The van der Waals surface area contributed by atoms with E-state index in [4.69, 9.17) is 16.3 Å². The van der Waals surface area contributed by atoms with Crippen LogP contribution in [0, 0.1) is 13.8 Å². The van der Waals surface area contributed by atoms with E-state index in [0.29, 0.717) is 21.2 Å². The number of aryl methyl sites for hydroxylation is 2. The number of hydrogen-bond donors (Lipinski definition) is 2. The normalized spacial score (nSPS) is 17.8. The van der Waals surface area contributed by atoms with Gasteiger partial charge in [-0.1, -0.05) is 23.7 Å². The molecule has 0 bridgehead atoms. The van der Waals surface area contributed by atoms with Gasteiger partial charge in [-0.15, -0.1) is 0 Å². The predicted octanol–water partition coefficient (Wildman–Crippen LogP) is 4.49. The van der Waals surface area contributed by atoms with Crippen molar-refractivity contribution in [2.24, 2.45) is 0 Å². The van der Waals surface area contributed by atoms with Crippen molar-refractivity contribution in [1.29, 1.82) is 0 Å². The van der Waals surface area contributed by atoms with Crippen LogP contribution in [0.2, 0.25) is 5.02 Å². The molecule has 0 spiro atoms. The van der Waals surface area contributed by atoms with E-state index in [1.165, 1.54) is 25.1 Å². The number of carbonyl (C=O) groups is 3. The average molecular weight is 649 g/mol. The molecule has 0 aliphatic carbocycles. The van der Waals surface area contributed by atoms with Gasteiger partial charge in [0.15, 0.2) is 5.75 Å². The van der Waals surface area contributed by atoms with Crippen LogP contribution in [0.5, 0.6) is 11.5 Å². The van der Waals surface area contributed by atoms with E-state index in [2.05, 4.69) is 20.5 Å². The Hall–Kier alpha value is -4.46. The molecule has 0 saturated carbocycles. The fourth-order valence-corrected chi connectivity index (χ4v) is 5.61. The summed E-state index contributed by atoms with van der Waals surface area (Å²) in [6, 6.07) is 4.91. The molecule has 240 valence electrons. The molecule has 4 rings (SSSR count). The second kappa shape index (κ2) is 13.3. The monoisotopic (exact) mass is 648 g/mol. The Morgan fingerprint density at radius 2 is 1.84 bits per heavy atom. The third-order valence-corrected chi connectivity index (χ3v) is 7.87. The van der Waals surface area contributed by atoms with E-state index in [-0.39, 0.29) is 35.7 Å². The molecule has 15 heteroatoms. The molecule has 1 aromatic carbocycles. The highest BCUT2D eigenvalue weighted by molar-refractivity contribution is 6.30. The molecule has 4 atom stereocenters. The highest BCUT2D eigenvalue weighted by Crippen LogP contribution is 2.43. The molecule has 2 N–H and O–H groups in total. The van der Waals surface area contributed by atoms with Crippen LogP contribution in [0.25, 0.3) is 0 Å². The van der Waals surface area contributed by atoms with Crippen LogP contribution in [0.15, 0.2) is 47.3 Å². The van der Waals surface area contributed by atoms with Crippen molar-refractivity contribution in [1.82, 2.24) is 30.3 Å². The first-order valence-electron chi connectivity index (χ1n) is 14.0. The van der Waals surface area contributed by atoms with Crippen molar-refractivity contribution < 1.29 is 32.3 Å². The predicted molar refractivity (Wildman–Crippen MR) is 158 cm³/mol. The fraction of sp³-hybridized carbons (Fsp3) is 0.400. The minimum absolute atomic E-state index is 0.0224. The number of alkyl halides is 3. The zero-order valence-corrected chi connectivity index (χ0v) is 25.9. The van der Waals surface area contributed by atoms with Crippen molar-refractivity contribution in [2.45, 2.75) is 70.9 Å². The summed E-state index contributed by atoms with van der Waals surface area (Å²) in [4.78, 5) is 57.1. The quantitative estimate of drug-likeness (QED) is 0.367. The van der Waals surface area contributed by atoms with E-state index in [1.54, 1.807) is 38.1 Å². The number of aromatic nitrogens is 3. The number of aromatic amines is 1. The lowest BCUT2D eigenvalue weighted by Gasteiger charge is -2.40. The zero-order chi connectivity index (χ0) is 33.2. The Morgan fingerprint density at radius 3 is 2.47 bits per heavy atom. The van der Waals surface area contributed by atoms with Crippen molar-refractivity contribution in [2.75, 3.05) is 7.05 Å². The van der Waals surface area contributed by atoms with Gasteiger partial charge in [-0.3, -0.25) is 19.2 Å². The highest BCUT2D eigenvalue weighted by Gasteiger charge is 2.54. The van der Waals surface area contributed by atoms with Gasteiger partial charge < -0.3 is 19.9 Å². The molecular weight excluding hydrogens is 617 g/mol. The minimum atomic E-state index is -4.84. The third-order valence-electron chi connectivity index (χ3n) is 7.64. The lowest BCUT2D eigenvalue weighted by molar-refractivity contribution is -0.199. The molecule has 1 aliphatic heterocycles. The minimum Gasteiger partial charge on any atom is -0.450 e. The van der Waals surface area contributed by atoms with E-state index in [0.717, 1.165) is 18.9 Å². The van der Waals surface area contributed by atoms with Gasteiger partial charge in [0.1, 0.15) is 23.5 Å². The van der Waals surface area contributed by atoms with E-state index >= 15 is 0 Å². The lowest BCUT2D eigenvalue weighted by Crippen LogP contribution is -2.60. The van der Waals surface area contributed by atoms with Gasteiger partial charge in [-0.2, -0.15) is 18.3 Å². The Labute approximate surface area is 261 Å². The molecule has 2 aromatic heterocycles. The molecule has 3 aromatic rings. The number of ether oxygens (including phenoxy) is 1. The summed E-state index contributed by atoms with van der Waals surface area (Å²) in [7, 11) is 1.05. The Balaban J connectivity index is 1.60. The van der Waals surface area contributed by atoms with Crippen LogP contribution < -0.4 is 15.6 Å². The Morgan fingerprint density at radius 1 is 1.13 bits per heavy atom. The van der Waals surface area contributed by atoms with Gasteiger partial charge in [0.05, 0.1) is 23.5 Å². The van der Waals surface area contributed by atoms with Crippen LogP contribution >= 0.6 is 11.6 Å². The first-order chi connectivity index (χ1) is 21.1. The van der Waals surface area contributed by atoms with E-state index in [9.17, 15) is 32.3 Å². The number of halogens is 4. The van der Waals surface area contributed by atoms with Crippen LogP contribution in [0.4, 0.5) is 13.2 Å². The van der Waals surface area contributed by atoms with Crippen LogP contribution in [-0.4, -0.2) is 74.1 Å². The molecule has 1 fully saturated rings. The highest BCUT2D eigenvalue weighted by atomic mass is 35.5. The molecule has 45 heavy (non-hydrogen) atoms. The molecule has 2 unspecified atom stereocenters. The molecule has 1 saturated heterocycles. The summed E-state index contributed by atoms with van der Waals surface area (Å²) in [5.74, 6) is -2.16. The van der Waals surface area contributed by atoms with E-state index in [1.807, 2.05) is 0 Å². The maximum atomic E-state index is 14.4. The van der Waals surface area contributed by atoms with Gasteiger partial charge in [-0.25, -0.2) is 10.1 Å². The third kappa shape index (κ3) is 7.44. The number of benzene rings is 1. The smallest absolute Gasteiger partial charge is 0.410 e. The molecule has 3 amide bonds. The van der Waals surface area contributed by atoms with Crippen molar-refractivity contribution in [3.05, 3.63) is 80.5 Å². The van der Waals surface area contributed by atoms with Gasteiger partial charge in [0.25, 0.3) is 5.91 Å². The number of H-pyrrole nitrogens is 1. The number of likely N-dealkylation sites (N-methyl/N-ethyl adjacent to an activating group) is 1. The van der Waals surface area contributed by atoms with Crippen molar-refractivity contribution in [3.8, 4) is 11.5 Å². The first kappa shape index (κ1) is 33.4. The summed E-state index contributed by atoms with van der Waals surface area (Å²) >= 11 is 6.17. The van der Waals surface area contributed by atoms with Crippen LogP contribution in [0.1, 0.15) is 60.2 Å².